The van der Waals surface area contributed by atoms with Gasteiger partial charge in [-0.25, -0.2) is 0 Å². The fraction of sp³-hybridized carbons (Fsp3) is 0.846. The highest BCUT2D eigenvalue weighted by Gasteiger charge is 2.04. The predicted octanol–water partition coefficient (Wildman–Crippen LogP) is 4.40. The molecule has 0 radical (unpaired) electrons. The van der Waals surface area contributed by atoms with Gasteiger partial charge in [-0.1, -0.05) is 40.0 Å². The summed E-state index contributed by atoms with van der Waals surface area (Å²) in [5, 5.41) is 0. The fourth-order valence-corrected chi connectivity index (χ4v) is 1.59. The normalized spacial score (nSPS) is 11.9. The van der Waals surface area contributed by atoms with E-state index in [1.54, 1.807) is 0 Å². The van der Waals surface area contributed by atoms with Crippen LogP contribution in [0.15, 0.2) is 0 Å². The van der Waals surface area contributed by atoms with Gasteiger partial charge in [-0.3, -0.25) is 0 Å². The molecule has 76 valence electrons. The molecule has 1 atom stereocenters. The Labute approximate surface area is 84.1 Å². The number of hydrogen-bond donors (Lipinski definition) is 0. The third-order valence-electron chi connectivity index (χ3n) is 2.36. The van der Waals surface area contributed by atoms with Gasteiger partial charge < -0.3 is 0 Å². The minimum Gasteiger partial charge on any atom is -0.104 e. The van der Waals surface area contributed by atoms with E-state index in [4.69, 9.17) is 0 Å². The van der Waals surface area contributed by atoms with Gasteiger partial charge in [-0.15, -0.1) is 11.8 Å². The summed E-state index contributed by atoms with van der Waals surface area (Å²) in [5.74, 6) is 7.31. The molecule has 0 nitrogen and oxygen atoms in total. The molecule has 0 aliphatic rings. The highest BCUT2D eigenvalue weighted by molar-refractivity contribution is 4.98. The van der Waals surface area contributed by atoms with E-state index in [9.17, 15) is 0 Å². The van der Waals surface area contributed by atoms with Crippen LogP contribution in [0.4, 0.5) is 0 Å². The van der Waals surface area contributed by atoms with Gasteiger partial charge in [-0.05, 0) is 18.8 Å². The Morgan fingerprint density at radius 1 is 0.923 bits per heavy atom. The molecular weight excluding hydrogens is 156 g/mol. The molecule has 0 aliphatic heterocycles. The van der Waals surface area contributed by atoms with Crippen LogP contribution in [-0.4, -0.2) is 0 Å². The van der Waals surface area contributed by atoms with Crippen molar-refractivity contribution in [2.24, 2.45) is 5.92 Å². The Morgan fingerprint density at radius 3 is 2.23 bits per heavy atom. The maximum absolute atomic E-state index is 3.28. The van der Waals surface area contributed by atoms with E-state index in [1.807, 2.05) is 0 Å². The second-order valence-electron chi connectivity index (χ2n) is 3.71. The monoisotopic (exact) mass is 180 g/mol. The first-order valence-electron chi connectivity index (χ1n) is 5.80. The van der Waals surface area contributed by atoms with Crippen LogP contribution in [0.5, 0.6) is 0 Å². The van der Waals surface area contributed by atoms with E-state index in [-0.39, 0.29) is 0 Å². The zero-order valence-electron chi connectivity index (χ0n) is 9.53. The van der Waals surface area contributed by atoms with Gasteiger partial charge in [0, 0.05) is 12.8 Å². The van der Waals surface area contributed by atoms with E-state index in [0.29, 0.717) is 0 Å². The van der Waals surface area contributed by atoms with Crippen molar-refractivity contribution in [3.8, 4) is 11.8 Å². The maximum Gasteiger partial charge on any atom is 0.0117 e. The van der Waals surface area contributed by atoms with Gasteiger partial charge in [-0.2, -0.15) is 0 Å². The third kappa shape index (κ3) is 7.91. The largest absolute Gasteiger partial charge is 0.104 e. The van der Waals surface area contributed by atoms with Crippen LogP contribution in [0.2, 0.25) is 0 Å². The number of unbranched alkanes of at least 4 members (excludes halogenated alkanes) is 1. The van der Waals surface area contributed by atoms with Gasteiger partial charge in [0.05, 0.1) is 0 Å². The molecule has 0 heterocycles. The zero-order valence-corrected chi connectivity index (χ0v) is 9.53. The molecule has 0 fully saturated rings. The number of rotatable bonds is 6. The van der Waals surface area contributed by atoms with Crippen LogP contribution >= 0.6 is 0 Å². The Bertz CT molecular complexity index is 147. The van der Waals surface area contributed by atoms with Crippen LogP contribution in [0.1, 0.15) is 65.7 Å². The first kappa shape index (κ1) is 12.6. The summed E-state index contributed by atoms with van der Waals surface area (Å²) in [4.78, 5) is 0. The molecule has 0 aromatic rings. The zero-order chi connectivity index (χ0) is 9.94. The molecule has 0 N–H and O–H groups in total. The van der Waals surface area contributed by atoms with Gasteiger partial charge in [0.2, 0.25) is 0 Å². The highest BCUT2D eigenvalue weighted by Crippen LogP contribution is 2.17. The summed E-state index contributed by atoms with van der Waals surface area (Å²) < 4.78 is 0. The second-order valence-corrected chi connectivity index (χ2v) is 3.71. The van der Waals surface area contributed by atoms with Crippen LogP contribution < -0.4 is 0 Å². The lowest BCUT2D eigenvalue weighted by Gasteiger charge is -2.11. The van der Waals surface area contributed by atoms with Crippen molar-refractivity contribution in [3.63, 3.8) is 0 Å². The smallest absolute Gasteiger partial charge is 0.0117 e. The van der Waals surface area contributed by atoms with Gasteiger partial charge in [0.15, 0.2) is 0 Å². The molecule has 0 rings (SSSR count). The first-order chi connectivity index (χ1) is 6.35. The molecular formula is C13H24. The molecule has 1 unspecified atom stereocenters. The van der Waals surface area contributed by atoms with Crippen LogP contribution in [0.25, 0.3) is 0 Å². The average Bonchev–Trinajstić information content (AvgIpc) is 2.14. The van der Waals surface area contributed by atoms with Crippen molar-refractivity contribution >= 4 is 0 Å². The summed E-state index contributed by atoms with van der Waals surface area (Å²) in [5.41, 5.74) is 0. The first-order valence-corrected chi connectivity index (χ1v) is 5.80. The Morgan fingerprint density at radius 2 is 1.69 bits per heavy atom. The van der Waals surface area contributed by atoms with Gasteiger partial charge in [0.1, 0.15) is 0 Å². The minimum atomic E-state index is 0.865. The fourth-order valence-electron chi connectivity index (χ4n) is 1.59. The SMILES string of the molecule is CCC#CCC(CCC)CCCC. The molecule has 13 heavy (non-hydrogen) atoms. The lowest BCUT2D eigenvalue weighted by Crippen LogP contribution is -1.98. The highest BCUT2D eigenvalue weighted by atomic mass is 14.1. The molecule has 0 bridgehead atoms. The molecule has 0 aliphatic carbocycles. The summed E-state index contributed by atoms with van der Waals surface area (Å²) in [7, 11) is 0. The second kappa shape index (κ2) is 9.65. The van der Waals surface area contributed by atoms with Crippen molar-refractivity contribution in [2.75, 3.05) is 0 Å². The molecule has 0 saturated heterocycles. The molecule has 0 aromatic heterocycles. The molecule has 0 saturated carbocycles. The topological polar surface area (TPSA) is 0 Å². The Kier molecular flexibility index (Phi) is 9.32. The van der Waals surface area contributed by atoms with Crippen LogP contribution in [0, 0.1) is 17.8 Å². The number of hydrogen-bond acceptors (Lipinski definition) is 0. The van der Waals surface area contributed by atoms with Crippen molar-refractivity contribution in [1.29, 1.82) is 0 Å². The average molecular weight is 180 g/mol. The Balaban J connectivity index is 3.65. The van der Waals surface area contributed by atoms with Crippen molar-refractivity contribution < 1.29 is 0 Å². The van der Waals surface area contributed by atoms with E-state index >= 15 is 0 Å². The minimum absolute atomic E-state index is 0.865. The summed E-state index contributed by atoms with van der Waals surface area (Å²) >= 11 is 0. The predicted molar refractivity (Wildman–Crippen MR) is 60.6 cm³/mol. The van der Waals surface area contributed by atoms with Gasteiger partial charge in [0.25, 0.3) is 0 Å². The molecule has 0 aromatic carbocycles. The molecule has 0 amide bonds. The summed E-state index contributed by atoms with van der Waals surface area (Å²) in [6, 6.07) is 0. The van der Waals surface area contributed by atoms with Crippen LogP contribution in [-0.2, 0) is 0 Å². The van der Waals surface area contributed by atoms with E-state index < -0.39 is 0 Å². The lowest BCUT2D eigenvalue weighted by atomic mass is 9.94. The molecule has 0 heteroatoms. The van der Waals surface area contributed by atoms with Crippen LogP contribution in [0.3, 0.4) is 0 Å². The summed E-state index contributed by atoms with van der Waals surface area (Å²) in [6.07, 6.45) is 8.87. The third-order valence-corrected chi connectivity index (χ3v) is 2.36. The van der Waals surface area contributed by atoms with E-state index in [1.165, 1.54) is 32.1 Å². The standard InChI is InChI=1S/C13H24/c1-4-7-9-12-13(10-6-3)11-8-5-2/h13H,4-6,8,10-12H2,1-3H3. The Hall–Kier alpha value is -0.440. The van der Waals surface area contributed by atoms with Gasteiger partial charge >= 0.3 is 0 Å². The van der Waals surface area contributed by atoms with E-state index in [0.717, 1.165) is 18.8 Å². The van der Waals surface area contributed by atoms with Crippen molar-refractivity contribution in [3.05, 3.63) is 0 Å². The lowest BCUT2D eigenvalue weighted by molar-refractivity contribution is 0.439. The quantitative estimate of drug-likeness (QED) is 0.532. The maximum atomic E-state index is 3.28. The van der Waals surface area contributed by atoms with E-state index in [2.05, 4.69) is 32.6 Å². The van der Waals surface area contributed by atoms with Crippen molar-refractivity contribution in [1.82, 2.24) is 0 Å². The van der Waals surface area contributed by atoms with Crippen molar-refractivity contribution in [2.45, 2.75) is 65.7 Å². The molecule has 0 spiro atoms. The summed E-state index contributed by atoms with van der Waals surface area (Å²) in [6.45, 7) is 6.65.